The number of nitrogens with one attached hydrogen (secondary N) is 1. The Balaban J connectivity index is 2.11. The van der Waals surface area contributed by atoms with E-state index in [2.05, 4.69) is 36.7 Å². The van der Waals surface area contributed by atoms with Gasteiger partial charge in [-0.05, 0) is 36.8 Å². The maximum absolute atomic E-state index is 3.78. The lowest BCUT2D eigenvalue weighted by Gasteiger charge is -2.42. The van der Waals surface area contributed by atoms with Gasteiger partial charge in [0.25, 0.3) is 0 Å². The van der Waals surface area contributed by atoms with Crippen LogP contribution in [0.3, 0.4) is 0 Å². The Bertz CT molecular complexity index is 283. The first-order valence-electron chi connectivity index (χ1n) is 6.00. The molecule has 1 atom stereocenters. The van der Waals surface area contributed by atoms with Crippen molar-refractivity contribution in [3.63, 3.8) is 0 Å². The van der Waals surface area contributed by atoms with Crippen molar-refractivity contribution >= 4 is 11.3 Å². The van der Waals surface area contributed by atoms with Gasteiger partial charge in [0.2, 0.25) is 0 Å². The summed E-state index contributed by atoms with van der Waals surface area (Å²) in [5, 5.41) is 5.96. The fraction of sp³-hybridized carbons (Fsp3) is 0.692. The van der Waals surface area contributed by atoms with Gasteiger partial charge in [0.1, 0.15) is 0 Å². The van der Waals surface area contributed by atoms with Crippen LogP contribution in [0.5, 0.6) is 0 Å². The highest BCUT2D eigenvalue weighted by Gasteiger charge is 2.34. The lowest BCUT2D eigenvalue weighted by Crippen LogP contribution is -2.53. The fourth-order valence-corrected chi connectivity index (χ4v) is 3.39. The monoisotopic (exact) mass is 223 g/mol. The molecule has 15 heavy (non-hydrogen) atoms. The van der Waals surface area contributed by atoms with E-state index in [1.54, 1.807) is 0 Å². The van der Waals surface area contributed by atoms with Gasteiger partial charge in [0, 0.05) is 16.8 Å². The molecule has 0 spiro atoms. The van der Waals surface area contributed by atoms with Crippen LogP contribution in [-0.4, -0.2) is 12.1 Å². The molecule has 1 N–H and O–H groups in total. The molecule has 0 bridgehead atoms. The second kappa shape index (κ2) is 4.67. The van der Waals surface area contributed by atoms with E-state index in [-0.39, 0.29) is 0 Å². The Morgan fingerprint density at radius 1 is 1.47 bits per heavy atom. The smallest absolute Gasteiger partial charge is 0.0252 e. The zero-order valence-electron chi connectivity index (χ0n) is 9.75. The Kier molecular flexibility index (Phi) is 3.47. The second-order valence-electron chi connectivity index (χ2n) is 4.95. The highest BCUT2D eigenvalue weighted by molar-refractivity contribution is 7.09. The van der Waals surface area contributed by atoms with Crippen molar-refractivity contribution in [1.82, 2.24) is 5.32 Å². The van der Waals surface area contributed by atoms with Gasteiger partial charge in [-0.3, -0.25) is 0 Å². The van der Waals surface area contributed by atoms with Crippen molar-refractivity contribution in [1.29, 1.82) is 0 Å². The minimum Gasteiger partial charge on any atom is -0.311 e. The first kappa shape index (κ1) is 11.2. The molecule has 1 nitrogen and oxygen atoms in total. The van der Waals surface area contributed by atoms with Gasteiger partial charge >= 0.3 is 0 Å². The summed E-state index contributed by atoms with van der Waals surface area (Å²) in [6.45, 7) is 5.90. The van der Waals surface area contributed by atoms with Gasteiger partial charge in [-0.25, -0.2) is 0 Å². The molecular formula is C13H21NS. The number of thiophene rings is 1. The Labute approximate surface area is 96.9 Å². The van der Waals surface area contributed by atoms with Gasteiger partial charge < -0.3 is 5.32 Å². The average molecular weight is 223 g/mol. The van der Waals surface area contributed by atoms with Crippen LogP contribution in [0.15, 0.2) is 17.5 Å². The predicted molar refractivity (Wildman–Crippen MR) is 67.4 cm³/mol. The van der Waals surface area contributed by atoms with Gasteiger partial charge in [-0.1, -0.05) is 26.3 Å². The van der Waals surface area contributed by atoms with Gasteiger partial charge in [0.05, 0.1) is 0 Å². The van der Waals surface area contributed by atoms with Crippen molar-refractivity contribution in [2.45, 2.75) is 45.1 Å². The van der Waals surface area contributed by atoms with Crippen molar-refractivity contribution in [3.05, 3.63) is 22.4 Å². The zero-order valence-corrected chi connectivity index (χ0v) is 10.6. The van der Waals surface area contributed by atoms with E-state index < -0.39 is 0 Å². The quantitative estimate of drug-likeness (QED) is 0.827. The molecule has 1 aliphatic rings. The molecule has 1 fully saturated rings. The summed E-state index contributed by atoms with van der Waals surface area (Å²) in [4.78, 5) is 1.53. The van der Waals surface area contributed by atoms with Crippen LogP contribution < -0.4 is 5.32 Å². The molecule has 0 radical (unpaired) electrons. The summed E-state index contributed by atoms with van der Waals surface area (Å²) >= 11 is 1.89. The van der Waals surface area contributed by atoms with Crippen molar-refractivity contribution in [3.8, 4) is 0 Å². The van der Waals surface area contributed by atoms with E-state index in [1.807, 2.05) is 11.3 Å². The Morgan fingerprint density at radius 3 is 2.87 bits per heavy atom. The van der Waals surface area contributed by atoms with Crippen LogP contribution in [0.25, 0.3) is 0 Å². The third kappa shape index (κ3) is 2.43. The third-order valence-corrected chi connectivity index (χ3v) is 4.58. The number of hydrogen-bond donors (Lipinski definition) is 1. The molecule has 2 heterocycles. The van der Waals surface area contributed by atoms with Gasteiger partial charge in [-0.15, -0.1) is 11.3 Å². The summed E-state index contributed by atoms with van der Waals surface area (Å²) in [6, 6.07) is 4.43. The summed E-state index contributed by atoms with van der Waals surface area (Å²) in [5.41, 5.74) is 0.364. The number of hydrogen-bond acceptors (Lipinski definition) is 2. The molecule has 0 aromatic carbocycles. The van der Waals surface area contributed by atoms with E-state index in [0.717, 1.165) is 5.92 Å². The van der Waals surface area contributed by atoms with Crippen molar-refractivity contribution in [2.75, 3.05) is 6.54 Å². The summed E-state index contributed by atoms with van der Waals surface area (Å²) < 4.78 is 0. The molecule has 0 saturated carbocycles. The molecule has 2 heteroatoms. The van der Waals surface area contributed by atoms with Crippen LogP contribution >= 0.6 is 11.3 Å². The lowest BCUT2D eigenvalue weighted by atomic mass is 9.76. The van der Waals surface area contributed by atoms with Crippen LogP contribution in [0.1, 0.15) is 38.0 Å². The molecule has 1 unspecified atom stereocenters. The minimum atomic E-state index is 0.364. The number of piperidine rings is 1. The molecule has 84 valence electrons. The van der Waals surface area contributed by atoms with Crippen LogP contribution in [-0.2, 0) is 6.42 Å². The topological polar surface area (TPSA) is 12.0 Å². The lowest BCUT2D eigenvalue weighted by molar-refractivity contribution is 0.183. The van der Waals surface area contributed by atoms with Crippen molar-refractivity contribution in [2.24, 2.45) is 5.92 Å². The predicted octanol–water partition coefficient (Wildman–Crippen LogP) is 3.46. The molecular weight excluding hydrogens is 202 g/mol. The third-order valence-electron chi connectivity index (χ3n) is 3.70. The van der Waals surface area contributed by atoms with Crippen molar-refractivity contribution < 1.29 is 0 Å². The SMILES string of the molecule is CC(C)C1(Cc2cccs2)CCCCN1. The fourth-order valence-electron chi connectivity index (χ4n) is 2.56. The van der Waals surface area contributed by atoms with Crippen LogP contribution in [0.2, 0.25) is 0 Å². The molecule has 2 rings (SSSR count). The summed E-state index contributed by atoms with van der Waals surface area (Å²) in [7, 11) is 0. The van der Waals surface area contributed by atoms with E-state index in [0.29, 0.717) is 5.54 Å². The number of rotatable bonds is 3. The summed E-state index contributed by atoms with van der Waals surface area (Å²) in [5.74, 6) is 0.722. The van der Waals surface area contributed by atoms with E-state index in [4.69, 9.17) is 0 Å². The van der Waals surface area contributed by atoms with Crippen LogP contribution in [0.4, 0.5) is 0 Å². The average Bonchev–Trinajstić information content (AvgIpc) is 2.71. The normalized spacial score (nSPS) is 27.1. The van der Waals surface area contributed by atoms with Gasteiger partial charge in [0.15, 0.2) is 0 Å². The maximum Gasteiger partial charge on any atom is 0.0252 e. The van der Waals surface area contributed by atoms with E-state index >= 15 is 0 Å². The molecule has 1 aromatic heterocycles. The second-order valence-corrected chi connectivity index (χ2v) is 5.98. The minimum absolute atomic E-state index is 0.364. The van der Waals surface area contributed by atoms with E-state index in [1.165, 1.54) is 37.1 Å². The standard InChI is InChI=1S/C13H21NS/c1-11(2)13(7-3-4-8-14-13)10-12-6-5-9-15-12/h5-6,9,11,14H,3-4,7-8,10H2,1-2H3. The van der Waals surface area contributed by atoms with Gasteiger partial charge in [-0.2, -0.15) is 0 Å². The largest absolute Gasteiger partial charge is 0.311 e. The summed E-state index contributed by atoms with van der Waals surface area (Å²) in [6.07, 6.45) is 5.28. The molecule has 0 amide bonds. The molecule has 0 aliphatic carbocycles. The van der Waals surface area contributed by atoms with E-state index in [9.17, 15) is 0 Å². The van der Waals surface area contributed by atoms with Crippen LogP contribution in [0, 0.1) is 5.92 Å². The first-order chi connectivity index (χ1) is 7.23. The highest BCUT2D eigenvalue weighted by atomic mass is 32.1. The highest BCUT2D eigenvalue weighted by Crippen LogP contribution is 2.31. The zero-order chi connectivity index (χ0) is 10.7. The Hall–Kier alpha value is -0.340. The first-order valence-corrected chi connectivity index (χ1v) is 6.88. The molecule has 1 aromatic rings. The molecule has 1 saturated heterocycles. The molecule has 1 aliphatic heterocycles. The maximum atomic E-state index is 3.78. The Morgan fingerprint density at radius 2 is 2.33 bits per heavy atom.